The average molecular weight is 285 g/mol. The molecule has 0 aliphatic heterocycles. The van der Waals surface area contributed by atoms with Gasteiger partial charge in [-0.05, 0) is 37.5 Å². The summed E-state index contributed by atoms with van der Waals surface area (Å²) in [7, 11) is 1.61. The van der Waals surface area contributed by atoms with Crippen LogP contribution in [0.4, 0.5) is 0 Å². The van der Waals surface area contributed by atoms with E-state index in [4.69, 9.17) is 21.4 Å². The van der Waals surface area contributed by atoms with Crippen LogP contribution in [0.3, 0.4) is 0 Å². The van der Waals surface area contributed by atoms with Crippen LogP contribution in [0, 0.1) is 20.8 Å². The fraction of sp³-hybridized carbons (Fsp3) is 0.533. The van der Waals surface area contributed by atoms with E-state index in [2.05, 4.69) is 0 Å². The van der Waals surface area contributed by atoms with Crippen molar-refractivity contribution >= 4 is 17.6 Å². The van der Waals surface area contributed by atoms with E-state index >= 15 is 0 Å². The van der Waals surface area contributed by atoms with Gasteiger partial charge in [0.2, 0.25) is 0 Å². The van der Waals surface area contributed by atoms with Crippen molar-refractivity contribution in [3.63, 3.8) is 0 Å². The van der Waals surface area contributed by atoms with Gasteiger partial charge in [-0.1, -0.05) is 25.4 Å². The van der Waals surface area contributed by atoms with Gasteiger partial charge in [0.1, 0.15) is 5.75 Å². The third kappa shape index (κ3) is 2.86. The van der Waals surface area contributed by atoms with Crippen LogP contribution in [-0.2, 0) is 10.2 Å². The molecule has 0 spiro atoms. The Hall–Kier alpha value is -1.22. The number of carbonyl (C=O) groups is 1. The van der Waals surface area contributed by atoms with Crippen molar-refractivity contribution in [2.75, 3.05) is 7.11 Å². The summed E-state index contributed by atoms with van der Waals surface area (Å²) < 4.78 is 5.51. The molecule has 0 fully saturated rings. The fourth-order valence-electron chi connectivity index (χ4n) is 2.62. The van der Waals surface area contributed by atoms with Crippen molar-refractivity contribution in [1.82, 2.24) is 0 Å². The van der Waals surface area contributed by atoms with Crippen LogP contribution in [0.2, 0.25) is 5.02 Å². The zero-order chi connectivity index (χ0) is 15.0. The molecule has 0 amide bonds. The third-order valence-electron chi connectivity index (χ3n) is 3.64. The van der Waals surface area contributed by atoms with Crippen LogP contribution in [-0.4, -0.2) is 18.2 Å². The summed E-state index contributed by atoms with van der Waals surface area (Å²) in [5.41, 5.74) is 3.18. The van der Waals surface area contributed by atoms with E-state index in [0.717, 1.165) is 28.0 Å². The van der Waals surface area contributed by atoms with Crippen molar-refractivity contribution in [2.45, 2.75) is 46.5 Å². The highest BCUT2D eigenvalue weighted by molar-refractivity contribution is 6.32. The van der Waals surface area contributed by atoms with Gasteiger partial charge in [-0.3, -0.25) is 4.79 Å². The highest BCUT2D eigenvalue weighted by Gasteiger charge is 2.31. The molecule has 0 heterocycles. The standard InChI is InChI=1S/C15H21ClO3/c1-8-9(2)14(19-6)12(10(3)13(8)16)15(4,5)7-11(17)18/h7H2,1-6H3,(H,17,18). The predicted molar refractivity (Wildman–Crippen MR) is 77.5 cm³/mol. The second-order valence-electron chi connectivity index (χ2n) is 5.55. The lowest BCUT2D eigenvalue weighted by molar-refractivity contribution is -0.138. The van der Waals surface area contributed by atoms with Crippen molar-refractivity contribution in [1.29, 1.82) is 0 Å². The molecule has 1 N–H and O–H groups in total. The summed E-state index contributed by atoms with van der Waals surface area (Å²) in [6.07, 6.45) is 0.0308. The number of hydrogen-bond acceptors (Lipinski definition) is 2. The normalized spacial score (nSPS) is 11.5. The maximum absolute atomic E-state index is 11.1. The minimum atomic E-state index is -0.833. The van der Waals surface area contributed by atoms with Crippen LogP contribution in [0.15, 0.2) is 0 Å². The molecule has 0 saturated carbocycles. The van der Waals surface area contributed by atoms with Crippen molar-refractivity contribution in [2.24, 2.45) is 0 Å². The quantitative estimate of drug-likeness (QED) is 0.908. The lowest BCUT2D eigenvalue weighted by Crippen LogP contribution is -2.24. The van der Waals surface area contributed by atoms with Gasteiger partial charge in [-0.25, -0.2) is 0 Å². The van der Waals surface area contributed by atoms with Gasteiger partial charge in [-0.15, -0.1) is 0 Å². The molecule has 0 aromatic heterocycles. The van der Waals surface area contributed by atoms with E-state index in [1.54, 1.807) is 7.11 Å². The van der Waals surface area contributed by atoms with Gasteiger partial charge in [0.25, 0.3) is 0 Å². The number of carboxylic acids is 1. The van der Waals surface area contributed by atoms with Gasteiger partial charge in [-0.2, -0.15) is 0 Å². The molecule has 1 aromatic carbocycles. The summed E-state index contributed by atoms with van der Waals surface area (Å²) >= 11 is 6.36. The Bertz CT molecular complexity index is 519. The first-order chi connectivity index (χ1) is 8.63. The summed E-state index contributed by atoms with van der Waals surface area (Å²) in [5, 5.41) is 9.77. The van der Waals surface area contributed by atoms with Crippen LogP contribution in [0.5, 0.6) is 5.75 Å². The molecule has 3 nitrogen and oxygen atoms in total. The molecule has 0 aliphatic carbocycles. The van der Waals surface area contributed by atoms with Crippen molar-refractivity contribution in [3.05, 3.63) is 27.3 Å². The number of rotatable bonds is 4. The van der Waals surface area contributed by atoms with Gasteiger partial charge in [0.05, 0.1) is 13.5 Å². The summed E-state index contributed by atoms with van der Waals surface area (Å²) in [5.74, 6) is -0.0912. The Morgan fingerprint density at radius 3 is 2.16 bits per heavy atom. The maximum Gasteiger partial charge on any atom is 0.304 e. The Balaban J connectivity index is 3.63. The van der Waals surface area contributed by atoms with Crippen molar-refractivity contribution < 1.29 is 14.6 Å². The highest BCUT2D eigenvalue weighted by atomic mass is 35.5. The minimum absolute atomic E-state index is 0.0308. The number of aliphatic carboxylic acids is 1. The number of hydrogen-bond donors (Lipinski definition) is 1. The second kappa shape index (κ2) is 5.41. The van der Waals surface area contributed by atoms with Crippen LogP contribution in [0.25, 0.3) is 0 Å². The Morgan fingerprint density at radius 2 is 1.74 bits per heavy atom. The monoisotopic (exact) mass is 284 g/mol. The van der Waals surface area contributed by atoms with E-state index in [0.29, 0.717) is 5.02 Å². The summed E-state index contributed by atoms with van der Waals surface area (Å²) in [6, 6.07) is 0. The smallest absolute Gasteiger partial charge is 0.304 e. The zero-order valence-corrected chi connectivity index (χ0v) is 13.1. The average Bonchev–Trinajstić information content (AvgIpc) is 2.28. The van der Waals surface area contributed by atoms with Gasteiger partial charge in [0.15, 0.2) is 0 Å². The Morgan fingerprint density at radius 1 is 1.21 bits per heavy atom. The van der Waals surface area contributed by atoms with Gasteiger partial charge < -0.3 is 9.84 Å². The molecule has 19 heavy (non-hydrogen) atoms. The number of ether oxygens (including phenoxy) is 1. The second-order valence-corrected chi connectivity index (χ2v) is 5.93. The molecule has 0 bridgehead atoms. The first-order valence-electron chi connectivity index (χ1n) is 6.19. The molecule has 4 heteroatoms. The Labute approximate surface area is 119 Å². The summed E-state index contributed by atoms with van der Waals surface area (Å²) in [4.78, 5) is 11.1. The topological polar surface area (TPSA) is 46.5 Å². The molecule has 1 aromatic rings. The molecular weight excluding hydrogens is 264 g/mol. The van der Waals surface area contributed by atoms with Crippen LogP contribution in [0.1, 0.15) is 42.5 Å². The molecule has 0 unspecified atom stereocenters. The Kier molecular flexibility index (Phi) is 4.51. The number of benzene rings is 1. The first kappa shape index (κ1) is 15.8. The molecule has 0 atom stereocenters. The molecule has 1 rings (SSSR count). The first-order valence-corrected chi connectivity index (χ1v) is 6.56. The van der Waals surface area contributed by atoms with E-state index in [9.17, 15) is 4.79 Å². The molecule has 0 radical (unpaired) electrons. The summed E-state index contributed by atoms with van der Waals surface area (Å²) in [6.45, 7) is 9.60. The van der Waals surface area contributed by atoms with Crippen LogP contribution < -0.4 is 4.74 Å². The largest absolute Gasteiger partial charge is 0.496 e. The third-order valence-corrected chi connectivity index (χ3v) is 4.20. The van der Waals surface area contributed by atoms with E-state index in [-0.39, 0.29) is 6.42 Å². The lowest BCUT2D eigenvalue weighted by atomic mass is 9.77. The number of halogens is 1. The van der Waals surface area contributed by atoms with Gasteiger partial charge >= 0.3 is 5.97 Å². The van der Waals surface area contributed by atoms with E-state index < -0.39 is 11.4 Å². The fourth-order valence-corrected chi connectivity index (χ4v) is 2.86. The molecule has 0 saturated heterocycles. The van der Waals surface area contributed by atoms with E-state index in [1.165, 1.54) is 0 Å². The number of carboxylic acid groups (broad SMARTS) is 1. The predicted octanol–water partition coefficient (Wildman–Crippen LogP) is 4.03. The van der Waals surface area contributed by atoms with E-state index in [1.807, 2.05) is 34.6 Å². The minimum Gasteiger partial charge on any atom is -0.496 e. The van der Waals surface area contributed by atoms with Crippen molar-refractivity contribution in [3.8, 4) is 5.75 Å². The highest BCUT2D eigenvalue weighted by Crippen LogP contribution is 2.43. The maximum atomic E-state index is 11.1. The SMILES string of the molecule is COc1c(C)c(C)c(Cl)c(C)c1C(C)(C)CC(=O)O. The lowest BCUT2D eigenvalue weighted by Gasteiger charge is -2.30. The molecule has 0 aliphatic rings. The molecular formula is C15H21ClO3. The zero-order valence-electron chi connectivity index (χ0n) is 12.3. The molecule has 106 valence electrons. The number of methoxy groups -OCH3 is 1. The van der Waals surface area contributed by atoms with Gasteiger partial charge in [0, 0.05) is 16.0 Å². The van der Waals surface area contributed by atoms with Crippen LogP contribution >= 0.6 is 11.6 Å².